The Morgan fingerprint density at radius 1 is 0.865 bits per heavy atom. The van der Waals surface area contributed by atoms with Gasteiger partial charge in [-0.25, -0.2) is 4.39 Å². The molecule has 12 heteroatoms. The molecule has 2 aromatic rings. The van der Waals surface area contributed by atoms with Crippen molar-refractivity contribution in [2.24, 2.45) is 4.99 Å². The monoisotopic (exact) mass is 526 g/mol. The average Bonchev–Trinajstić information content (AvgIpc) is 3.31. The zero-order chi connectivity index (χ0) is 26.5. The van der Waals surface area contributed by atoms with Gasteiger partial charge in [-0.05, 0) is 35.4 Å². The lowest BCUT2D eigenvalue weighted by molar-refractivity contribution is -0.140. The fourth-order valence-corrected chi connectivity index (χ4v) is 4.88. The van der Waals surface area contributed by atoms with Crippen molar-refractivity contribution in [2.75, 3.05) is 26.2 Å². The van der Waals surface area contributed by atoms with E-state index in [1.807, 2.05) is 9.80 Å². The summed E-state index contributed by atoms with van der Waals surface area (Å²) in [4.78, 5) is 23.1. The van der Waals surface area contributed by atoms with Gasteiger partial charge >= 0.3 is 12.4 Å². The number of carbonyl (C=O) groups is 1. The highest BCUT2D eigenvalue weighted by Crippen LogP contribution is 2.35. The summed E-state index contributed by atoms with van der Waals surface area (Å²) in [6.45, 7) is 1.99. The number of halogens is 7. The third-order valence-corrected chi connectivity index (χ3v) is 6.65. The van der Waals surface area contributed by atoms with Gasteiger partial charge in [-0.2, -0.15) is 26.3 Å². The molecule has 3 heterocycles. The molecule has 2 aromatic carbocycles. The maximum atomic E-state index is 14.1. The number of benzene rings is 2. The number of nitrogens with zero attached hydrogens (tertiary/aromatic N) is 4. The molecular weight excluding hydrogens is 505 g/mol. The molecule has 0 fully saturated rings. The van der Waals surface area contributed by atoms with Gasteiger partial charge in [0.05, 0.1) is 29.8 Å². The largest absolute Gasteiger partial charge is 0.419 e. The Hall–Kier alpha value is -3.41. The maximum Gasteiger partial charge on any atom is 0.419 e. The summed E-state index contributed by atoms with van der Waals surface area (Å²) < 4.78 is 91.5. The molecule has 5 nitrogen and oxygen atoms in total. The molecule has 5 rings (SSSR count). The maximum absolute atomic E-state index is 14.1. The van der Waals surface area contributed by atoms with Gasteiger partial charge < -0.3 is 4.90 Å². The van der Waals surface area contributed by atoms with Crippen LogP contribution < -0.4 is 0 Å². The van der Waals surface area contributed by atoms with E-state index in [2.05, 4.69) is 4.99 Å². The van der Waals surface area contributed by atoms with E-state index < -0.39 is 29.3 Å². The van der Waals surface area contributed by atoms with E-state index in [0.717, 1.165) is 30.0 Å². The molecule has 0 aromatic heterocycles. The van der Waals surface area contributed by atoms with Gasteiger partial charge in [0.2, 0.25) is 5.96 Å². The van der Waals surface area contributed by atoms with Crippen LogP contribution in [-0.4, -0.2) is 52.7 Å². The molecule has 0 atom stereocenters. The molecule has 1 amide bonds. The highest BCUT2D eigenvalue weighted by molar-refractivity contribution is 6.09. The number of hydrogen-bond acceptors (Lipinski definition) is 4. The van der Waals surface area contributed by atoms with Gasteiger partial charge in [0, 0.05) is 38.3 Å². The summed E-state index contributed by atoms with van der Waals surface area (Å²) in [7, 11) is 0. The van der Waals surface area contributed by atoms with Crippen LogP contribution in [0.5, 0.6) is 0 Å². The Morgan fingerprint density at radius 2 is 1.57 bits per heavy atom. The Bertz CT molecular complexity index is 1280. The predicted molar refractivity (Wildman–Crippen MR) is 119 cm³/mol. The first kappa shape index (κ1) is 25.2. The van der Waals surface area contributed by atoms with Crippen LogP contribution in [0.15, 0.2) is 58.7 Å². The highest BCUT2D eigenvalue weighted by Gasteiger charge is 2.41. The SMILES string of the molecule is O=C1C2=C(CCN(Cc3ccc(C(F)(F)F)cc3)C2)N2CCN=C2N1Cc1ccc(C(F)(F)F)c(F)c1. The topological polar surface area (TPSA) is 39.2 Å². The van der Waals surface area contributed by atoms with Crippen LogP contribution in [0.3, 0.4) is 0 Å². The van der Waals surface area contributed by atoms with E-state index in [-0.39, 0.29) is 24.6 Å². The Kier molecular flexibility index (Phi) is 6.25. The number of carbonyl (C=O) groups excluding carboxylic acids is 1. The van der Waals surface area contributed by atoms with E-state index in [1.165, 1.54) is 17.0 Å². The zero-order valence-electron chi connectivity index (χ0n) is 19.3. The molecule has 0 aliphatic carbocycles. The van der Waals surface area contributed by atoms with Gasteiger partial charge in [-0.1, -0.05) is 18.2 Å². The number of rotatable bonds is 4. The first-order valence-corrected chi connectivity index (χ1v) is 11.5. The van der Waals surface area contributed by atoms with E-state index in [1.54, 1.807) is 0 Å². The standard InChI is InChI=1S/C25H21F7N4O/c26-20-11-16(3-6-19(20)25(30,31)32)13-36-22(37)18-14-34(9-7-21(18)35-10-8-33-23(35)36)12-15-1-4-17(5-2-15)24(27,28)29/h1-6,11H,7-10,12-14H2. The Labute approximate surface area is 207 Å². The molecule has 3 aliphatic heterocycles. The summed E-state index contributed by atoms with van der Waals surface area (Å²) in [5, 5.41) is 0. The van der Waals surface area contributed by atoms with Crippen molar-refractivity contribution in [1.82, 2.24) is 14.7 Å². The van der Waals surface area contributed by atoms with Crippen molar-refractivity contribution in [3.8, 4) is 0 Å². The second-order valence-electron chi connectivity index (χ2n) is 9.12. The van der Waals surface area contributed by atoms with E-state index in [4.69, 9.17) is 0 Å². The molecule has 37 heavy (non-hydrogen) atoms. The normalized spacial score (nSPS) is 18.8. The summed E-state index contributed by atoms with van der Waals surface area (Å²) >= 11 is 0. The molecule has 0 saturated heterocycles. The molecule has 0 bridgehead atoms. The second kappa shape index (κ2) is 9.16. The summed E-state index contributed by atoms with van der Waals surface area (Å²) in [5.41, 5.74) is 0.0534. The van der Waals surface area contributed by atoms with Crippen LogP contribution in [0, 0.1) is 5.82 Å². The van der Waals surface area contributed by atoms with Crippen molar-refractivity contribution in [3.63, 3.8) is 0 Å². The lowest BCUT2D eigenvalue weighted by atomic mass is 9.99. The minimum absolute atomic E-state index is 0.154. The van der Waals surface area contributed by atoms with Gasteiger partial charge in [-0.15, -0.1) is 0 Å². The number of fused-ring (bicyclic) bond motifs is 2. The molecule has 0 unspecified atom stereocenters. The lowest BCUT2D eigenvalue weighted by Crippen LogP contribution is -2.53. The van der Waals surface area contributed by atoms with Crippen molar-refractivity contribution in [2.45, 2.75) is 31.9 Å². The van der Waals surface area contributed by atoms with Gasteiger partial charge in [-0.3, -0.25) is 19.6 Å². The summed E-state index contributed by atoms with van der Waals surface area (Å²) in [6, 6.07) is 7.43. The zero-order valence-corrected chi connectivity index (χ0v) is 19.3. The number of alkyl halides is 6. The van der Waals surface area contributed by atoms with Crippen LogP contribution >= 0.6 is 0 Å². The minimum Gasteiger partial charge on any atom is -0.314 e. The van der Waals surface area contributed by atoms with E-state index in [9.17, 15) is 35.5 Å². The molecule has 0 saturated carbocycles. The predicted octanol–water partition coefficient (Wildman–Crippen LogP) is 5.04. The third kappa shape index (κ3) is 4.94. The number of hydrogen-bond donors (Lipinski definition) is 0. The van der Waals surface area contributed by atoms with Crippen molar-refractivity contribution >= 4 is 11.9 Å². The van der Waals surface area contributed by atoms with Gasteiger partial charge in [0.25, 0.3) is 5.91 Å². The summed E-state index contributed by atoms with van der Waals surface area (Å²) in [6.07, 6.45) is -8.72. The fourth-order valence-electron chi connectivity index (χ4n) is 4.88. The Morgan fingerprint density at radius 3 is 2.22 bits per heavy atom. The molecular formula is C25H21F7N4O. The molecule has 0 spiro atoms. The fraction of sp³-hybridized carbons (Fsp3) is 0.360. The van der Waals surface area contributed by atoms with Crippen LogP contribution in [0.4, 0.5) is 30.7 Å². The lowest BCUT2D eigenvalue weighted by Gasteiger charge is -2.42. The number of guanidine groups is 1. The molecule has 3 aliphatic rings. The third-order valence-electron chi connectivity index (χ3n) is 6.65. The Balaban J connectivity index is 1.35. The first-order chi connectivity index (χ1) is 17.4. The number of amides is 1. The molecule has 196 valence electrons. The quantitative estimate of drug-likeness (QED) is 0.525. The van der Waals surface area contributed by atoms with E-state index >= 15 is 0 Å². The summed E-state index contributed by atoms with van der Waals surface area (Å²) in [5.74, 6) is -1.40. The van der Waals surface area contributed by atoms with Crippen LogP contribution in [-0.2, 0) is 30.2 Å². The van der Waals surface area contributed by atoms with Crippen molar-refractivity contribution < 1.29 is 35.5 Å². The number of aliphatic imine (C=N–C) groups is 1. The van der Waals surface area contributed by atoms with Crippen molar-refractivity contribution in [3.05, 3.63) is 81.8 Å². The van der Waals surface area contributed by atoms with E-state index in [0.29, 0.717) is 55.8 Å². The van der Waals surface area contributed by atoms with Gasteiger partial charge in [0.15, 0.2) is 0 Å². The van der Waals surface area contributed by atoms with Crippen LogP contribution in [0.25, 0.3) is 0 Å². The second-order valence-corrected chi connectivity index (χ2v) is 9.12. The smallest absolute Gasteiger partial charge is 0.314 e. The highest BCUT2D eigenvalue weighted by atomic mass is 19.4. The van der Waals surface area contributed by atoms with Crippen molar-refractivity contribution in [1.29, 1.82) is 0 Å². The first-order valence-electron chi connectivity index (χ1n) is 11.5. The van der Waals surface area contributed by atoms with Crippen LogP contribution in [0.1, 0.15) is 28.7 Å². The average molecular weight is 526 g/mol. The van der Waals surface area contributed by atoms with Crippen LogP contribution in [0.2, 0.25) is 0 Å². The minimum atomic E-state index is -4.83. The van der Waals surface area contributed by atoms with Gasteiger partial charge in [0.1, 0.15) is 5.82 Å². The molecule has 0 radical (unpaired) electrons. The molecule has 0 N–H and O–H groups in total.